The van der Waals surface area contributed by atoms with Crippen LogP contribution in [0.4, 0.5) is 5.69 Å². The molecule has 0 aliphatic rings. The summed E-state index contributed by atoms with van der Waals surface area (Å²) in [6.07, 6.45) is 0. The fourth-order valence-corrected chi connectivity index (χ4v) is 1.08. The molecule has 1 aromatic rings. The van der Waals surface area contributed by atoms with Crippen molar-refractivity contribution in [1.82, 2.24) is 5.48 Å². The second-order valence-electron chi connectivity index (χ2n) is 4.40. The lowest BCUT2D eigenvalue weighted by molar-refractivity contribution is -0.0706. The number of nitrogens with one attached hydrogen (secondary N) is 2. The molecule has 2 N–H and O–H groups in total. The van der Waals surface area contributed by atoms with Crippen molar-refractivity contribution in [2.24, 2.45) is 0 Å². The number of rotatable bonds is 5. The highest BCUT2D eigenvalue weighted by molar-refractivity contribution is 5.42. The molecule has 15 heavy (non-hydrogen) atoms. The lowest BCUT2D eigenvalue weighted by atomic mass is 10.2. The summed E-state index contributed by atoms with van der Waals surface area (Å²) in [5, 5.41) is 3.29. The molecule has 3 nitrogen and oxygen atoms in total. The summed E-state index contributed by atoms with van der Waals surface area (Å²) in [6.45, 7) is 7.69. The number of hydrogen-bond acceptors (Lipinski definition) is 3. The fraction of sp³-hybridized carbons (Fsp3) is 0.500. The predicted octanol–water partition coefficient (Wildman–Crippen LogP) is 2.42. The van der Waals surface area contributed by atoms with Gasteiger partial charge in [-0.3, -0.25) is 4.84 Å². The molecule has 3 heteroatoms. The van der Waals surface area contributed by atoms with Gasteiger partial charge in [0.05, 0.1) is 5.60 Å². The van der Waals surface area contributed by atoms with E-state index >= 15 is 0 Å². The monoisotopic (exact) mass is 208 g/mol. The van der Waals surface area contributed by atoms with E-state index in [9.17, 15) is 0 Å². The minimum atomic E-state index is -0.132. The molecule has 0 aliphatic heterocycles. The van der Waals surface area contributed by atoms with Crippen LogP contribution in [-0.4, -0.2) is 18.7 Å². The van der Waals surface area contributed by atoms with Crippen molar-refractivity contribution >= 4 is 5.69 Å². The number of para-hydroxylation sites is 1. The first-order valence-electron chi connectivity index (χ1n) is 5.28. The highest BCUT2D eigenvalue weighted by Crippen LogP contribution is 2.04. The zero-order valence-corrected chi connectivity index (χ0v) is 9.71. The van der Waals surface area contributed by atoms with Crippen LogP contribution in [0.5, 0.6) is 0 Å². The molecule has 0 aliphatic carbocycles. The number of hydroxylamine groups is 1. The van der Waals surface area contributed by atoms with Gasteiger partial charge in [-0.15, -0.1) is 0 Å². The third-order valence-electron chi connectivity index (χ3n) is 1.71. The van der Waals surface area contributed by atoms with E-state index in [2.05, 4.69) is 10.8 Å². The van der Waals surface area contributed by atoms with Gasteiger partial charge in [-0.2, -0.15) is 0 Å². The van der Waals surface area contributed by atoms with Crippen LogP contribution in [-0.2, 0) is 4.84 Å². The van der Waals surface area contributed by atoms with E-state index in [1.807, 2.05) is 51.1 Å². The molecule has 0 fully saturated rings. The minimum Gasteiger partial charge on any atom is -0.384 e. The average Bonchev–Trinajstić information content (AvgIpc) is 2.17. The van der Waals surface area contributed by atoms with Crippen molar-refractivity contribution in [2.75, 3.05) is 18.4 Å². The maximum absolute atomic E-state index is 5.38. The van der Waals surface area contributed by atoms with Crippen molar-refractivity contribution in [3.8, 4) is 0 Å². The molecule has 0 radical (unpaired) electrons. The quantitative estimate of drug-likeness (QED) is 0.576. The number of hydrogen-bond donors (Lipinski definition) is 2. The van der Waals surface area contributed by atoms with Gasteiger partial charge >= 0.3 is 0 Å². The van der Waals surface area contributed by atoms with E-state index in [4.69, 9.17) is 4.84 Å². The SMILES string of the molecule is CC(C)(C)ONCCNc1ccccc1. The third-order valence-corrected chi connectivity index (χ3v) is 1.71. The van der Waals surface area contributed by atoms with Crippen LogP contribution < -0.4 is 10.8 Å². The van der Waals surface area contributed by atoms with Gasteiger partial charge in [0.2, 0.25) is 0 Å². The van der Waals surface area contributed by atoms with E-state index in [0.29, 0.717) is 0 Å². The molecular weight excluding hydrogens is 188 g/mol. The molecule has 0 heterocycles. The van der Waals surface area contributed by atoms with Crippen LogP contribution in [0.25, 0.3) is 0 Å². The minimum absolute atomic E-state index is 0.132. The summed E-state index contributed by atoms with van der Waals surface area (Å²) >= 11 is 0. The largest absolute Gasteiger partial charge is 0.384 e. The topological polar surface area (TPSA) is 33.3 Å². The molecule has 0 unspecified atom stereocenters. The Morgan fingerprint density at radius 3 is 2.33 bits per heavy atom. The van der Waals surface area contributed by atoms with Gasteiger partial charge in [-0.1, -0.05) is 18.2 Å². The molecule has 0 amide bonds. The van der Waals surface area contributed by atoms with E-state index < -0.39 is 0 Å². The zero-order chi connectivity index (χ0) is 11.1. The summed E-state index contributed by atoms with van der Waals surface area (Å²) in [6, 6.07) is 10.1. The third kappa shape index (κ3) is 6.10. The predicted molar refractivity (Wildman–Crippen MR) is 63.8 cm³/mol. The van der Waals surface area contributed by atoms with Crippen LogP contribution in [0, 0.1) is 0 Å². The molecule has 0 aromatic heterocycles. The van der Waals surface area contributed by atoms with Gasteiger partial charge < -0.3 is 5.32 Å². The first kappa shape index (κ1) is 12.0. The Morgan fingerprint density at radius 1 is 1.07 bits per heavy atom. The highest BCUT2D eigenvalue weighted by atomic mass is 16.7. The van der Waals surface area contributed by atoms with Crippen LogP contribution in [0.15, 0.2) is 30.3 Å². The summed E-state index contributed by atoms with van der Waals surface area (Å²) < 4.78 is 0. The molecule has 84 valence electrons. The summed E-state index contributed by atoms with van der Waals surface area (Å²) in [5.41, 5.74) is 3.94. The van der Waals surface area contributed by atoms with Gasteiger partial charge in [0.15, 0.2) is 0 Å². The molecule has 0 spiro atoms. The van der Waals surface area contributed by atoms with Crippen LogP contribution in [0.1, 0.15) is 20.8 Å². The van der Waals surface area contributed by atoms with Crippen molar-refractivity contribution in [2.45, 2.75) is 26.4 Å². The maximum atomic E-state index is 5.38. The molecule has 0 bridgehead atoms. The van der Waals surface area contributed by atoms with E-state index in [-0.39, 0.29) is 5.60 Å². The second kappa shape index (κ2) is 5.73. The van der Waals surface area contributed by atoms with Crippen molar-refractivity contribution in [1.29, 1.82) is 0 Å². The highest BCUT2D eigenvalue weighted by Gasteiger charge is 2.08. The van der Waals surface area contributed by atoms with Gasteiger partial charge in [0, 0.05) is 18.8 Å². The van der Waals surface area contributed by atoms with Crippen LogP contribution in [0.3, 0.4) is 0 Å². The van der Waals surface area contributed by atoms with Crippen LogP contribution in [0.2, 0.25) is 0 Å². The molecule has 0 saturated carbocycles. The average molecular weight is 208 g/mol. The molecule has 0 saturated heterocycles. The summed E-state index contributed by atoms with van der Waals surface area (Å²) in [4.78, 5) is 5.38. The normalized spacial score (nSPS) is 11.4. The Bertz CT molecular complexity index is 267. The Labute approximate surface area is 91.8 Å². The Morgan fingerprint density at radius 2 is 1.73 bits per heavy atom. The molecular formula is C12H20N2O. The van der Waals surface area contributed by atoms with Crippen molar-refractivity contribution in [3.05, 3.63) is 30.3 Å². The van der Waals surface area contributed by atoms with Gasteiger partial charge in [0.25, 0.3) is 0 Å². The van der Waals surface area contributed by atoms with Crippen molar-refractivity contribution < 1.29 is 4.84 Å². The Hall–Kier alpha value is -1.06. The second-order valence-corrected chi connectivity index (χ2v) is 4.40. The van der Waals surface area contributed by atoms with Crippen molar-refractivity contribution in [3.63, 3.8) is 0 Å². The first-order chi connectivity index (χ1) is 7.08. The van der Waals surface area contributed by atoms with Gasteiger partial charge in [-0.05, 0) is 32.9 Å². The molecule has 1 aromatic carbocycles. The maximum Gasteiger partial charge on any atom is 0.0812 e. The Kier molecular flexibility index (Phi) is 4.59. The smallest absolute Gasteiger partial charge is 0.0812 e. The fourth-order valence-electron chi connectivity index (χ4n) is 1.08. The standard InChI is InChI=1S/C12H20N2O/c1-12(2,3)15-14-10-9-13-11-7-5-4-6-8-11/h4-8,13-14H,9-10H2,1-3H3. The summed E-state index contributed by atoms with van der Waals surface area (Å²) in [5.74, 6) is 0. The number of benzene rings is 1. The van der Waals surface area contributed by atoms with Crippen LogP contribution >= 0.6 is 0 Å². The lowest BCUT2D eigenvalue weighted by Crippen LogP contribution is -2.32. The first-order valence-corrected chi connectivity index (χ1v) is 5.28. The van der Waals surface area contributed by atoms with Gasteiger partial charge in [-0.25, -0.2) is 5.48 Å². The van der Waals surface area contributed by atoms with Gasteiger partial charge in [0.1, 0.15) is 0 Å². The van der Waals surface area contributed by atoms with E-state index in [0.717, 1.165) is 18.8 Å². The van der Waals surface area contributed by atoms with E-state index in [1.54, 1.807) is 0 Å². The molecule has 1 rings (SSSR count). The number of anilines is 1. The molecule has 0 atom stereocenters. The zero-order valence-electron chi connectivity index (χ0n) is 9.71. The van der Waals surface area contributed by atoms with E-state index in [1.165, 1.54) is 0 Å². The lowest BCUT2D eigenvalue weighted by Gasteiger charge is -2.19. The Balaban J connectivity index is 2.08. The summed E-state index contributed by atoms with van der Waals surface area (Å²) in [7, 11) is 0.